The van der Waals surface area contributed by atoms with Crippen LogP contribution in [-0.4, -0.2) is 68.5 Å². The minimum Gasteiger partial charge on any atom is -0.497 e. The number of sulfonamides is 1. The van der Waals surface area contributed by atoms with Crippen LogP contribution >= 0.6 is 0 Å². The Kier molecular flexibility index (Phi) is 7.65. The van der Waals surface area contributed by atoms with Crippen molar-refractivity contribution < 1.29 is 37.0 Å². The van der Waals surface area contributed by atoms with E-state index in [1.165, 1.54) is 4.31 Å². The van der Waals surface area contributed by atoms with E-state index in [9.17, 15) is 18.0 Å². The van der Waals surface area contributed by atoms with Crippen molar-refractivity contribution in [2.45, 2.75) is 31.4 Å². The zero-order valence-corrected chi connectivity index (χ0v) is 19.6. The summed E-state index contributed by atoms with van der Waals surface area (Å²) in [6.45, 7) is 3.04. The van der Waals surface area contributed by atoms with Crippen molar-refractivity contribution in [1.82, 2.24) is 9.21 Å². The summed E-state index contributed by atoms with van der Waals surface area (Å²) in [4.78, 5) is 25.9. The van der Waals surface area contributed by atoms with Crippen LogP contribution < -0.4 is 9.47 Å². The minimum atomic E-state index is -3.96. The summed E-state index contributed by atoms with van der Waals surface area (Å²) in [5, 5.41) is 8.54. The van der Waals surface area contributed by atoms with E-state index in [1.54, 1.807) is 25.2 Å². The molecule has 1 aliphatic heterocycles. The lowest BCUT2D eigenvalue weighted by atomic mass is 9.96. The average Bonchev–Trinajstić information content (AvgIpc) is 3.34. The monoisotopic (exact) mass is 480 g/mol. The predicted molar refractivity (Wildman–Crippen MR) is 118 cm³/mol. The Hall–Kier alpha value is -3.05. The molecule has 1 amide bonds. The number of nitrogens with zero attached hydrogens (tertiary/aromatic N) is 2. The molecule has 0 atom stereocenters. The molecular formula is C22H28N2O8S. The van der Waals surface area contributed by atoms with E-state index in [4.69, 9.17) is 19.0 Å². The summed E-state index contributed by atoms with van der Waals surface area (Å²) in [5.41, 5.74) is 0.848. The Balaban J connectivity index is 1.65. The first-order valence-electron chi connectivity index (χ1n) is 10.5. The van der Waals surface area contributed by atoms with E-state index in [1.807, 2.05) is 19.1 Å². The molecule has 0 radical (unpaired) electrons. The summed E-state index contributed by atoms with van der Waals surface area (Å²) in [7, 11) is -0.834. The second-order valence-electron chi connectivity index (χ2n) is 7.63. The molecule has 0 spiro atoms. The molecule has 33 heavy (non-hydrogen) atoms. The van der Waals surface area contributed by atoms with Gasteiger partial charge in [0.1, 0.15) is 11.5 Å². The Morgan fingerprint density at radius 1 is 1.15 bits per heavy atom. The van der Waals surface area contributed by atoms with Crippen LogP contribution in [0, 0.1) is 5.92 Å². The highest BCUT2D eigenvalue weighted by atomic mass is 32.2. The minimum absolute atomic E-state index is 0.0430. The normalized spacial score (nSPS) is 15.2. The van der Waals surface area contributed by atoms with Gasteiger partial charge in [-0.15, -0.1) is 0 Å². The third-order valence-corrected chi connectivity index (χ3v) is 7.51. The van der Waals surface area contributed by atoms with Gasteiger partial charge in [0.15, 0.2) is 0 Å². The third kappa shape index (κ3) is 5.31. The lowest BCUT2D eigenvalue weighted by Crippen LogP contribution is -2.44. The number of carboxylic acid groups (broad SMARTS) is 1. The molecule has 1 saturated heterocycles. The number of piperidine rings is 1. The van der Waals surface area contributed by atoms with Crippen LogP contribution in [0.15, 0.2) is 39.8 Å². The molecule has 1 aromatic heterocycles. The molecule has 180 valence electrons. The van der Waals surface area contributed by atoms with Gasteiger partial charge in [-0.1, -0.05) is 0 Å². The molecular weight excluding hydrogens is 452 g/mol. The molecule has 3 rings (SSSR count). The first-order chi connectivity index (χ1) is 15.7. The zero-order valence-electron chi connectivity index (χ0n) is 18.8. The second-order valence-corrected chi connectivity index (χ2v) is 9.50. The number of rotatable bonds is 9. The predicted octanol–water partition coefficient (Wildman–Crippen LogP) is 2.44. The molecule has 1 fully saturated rings. The first-order valence-corrected chi connectivity index (χ1v) is 12.0. The highest BCUT2D eigenvalue weighted by Crippen LogP contribution is 2.29. The SMILES string of the molecule is CCN(Cc1ccc(OC)cc1OC)C(=O)C1CCN(S(=O)(=O)c2ccc(C(=O)O)o2)CC1. The van der Waals surface area contributed by atoms with Gasteiger partial charge in [-0.2, -0.15) is 4.31 Å². The number of benzene rings is 1. The van der Waals surface area contributed by atoms with Crippen molar-refractivity contribution in [2.75, 3.05) is 33.9 Å². The van der Waals surface area contributed by atoms with Crippen molar-refractivity contribution in [3.05, 3.63) is 41.7 Å². The zero-order chi connectivity index (χ0) is 24.2. The first kappa shape index (κ1) is 24.6. The lowest BCUT2D eigenvalue weighted by molar-refractivity contribution is -0.137. The Morgan fingerprint density at radius 2 is 1.85 bits per heavy atom. The number of carbonyl (C=O) groups is 2. The topological polar surface area (TPSA) is 127 Å². The number of amides is 1. The van der Waals surface area contributed by atoms with Gasteiger partial charge in [-0.05, 0) is 44.0 Å². The molecule has 2 heterocycles. The van der Waals surface area contributed by atoms with E-state index in [0.717, 1.165) is 17.7 Å². The van der Waals surface area contributed by atoms with E-state index in [0.29, 0.717) is 37.4 Å². The van der Waals surface area contributed by atoms with Crippen molar-refractivity contribution in [3.8, 4) is 11.5 Å². The van der Waals surface area contributed by atoms with Crippen LogP contribution in [0.25, 0.3) is 0 Å². The number of ether oxygens (including phenoxy) is 2. The standard InChI is InChI=1S/C22H28N2O8S/c1-4-23(14-16-5-6-17(30-2)13-19(16)31-3)21(25)15-9-11-24(12-10-15)33(28,29)20-8-7-18(32-20)22(26)27/h5-8,13,15H,4,9-12,14H2,1-3H3,(H,26,27). The molecule has 0 bridgehead atoms. The molecule has 1 aliphatic rings. The molecule has 1 N–H and O–H groups in total. The van der Waals surface area contributed by atoms with E-state index >= 15 is 0 Å². The number of carbonyl (C=O) groups excluding carboxylic acids is 1. The maximum atomic E-state index is 13.2. The summed E-state index contributed by atoms with van der Waals surface area (Å²) < 4.78 is 42.4. The molecule has 11 heteroatoms. The molecule has 1 aromatic carbocycles. The fourth-order valence-corrected chi connectivity index (χ4v) is 5.22. The van der Waals surface area contributed by atoms with Crippen molar-refractivity contribution >= 4 is 21.9 Å². The van der Waals surface area contributed by atoms with Crippen LogP contribution in [0.2, 0.25) is 0 Å². The largest absolute Gasteiger partial charge is 0.497 e. The fourth-order valence-electron chi connectivity index (χ4n) is 3.84. The van der Waals surface area contributed by atoms with Crippen LogP contribution in [0.3, 0.4) is 0 Å². The van der Waals surface area contributed by atoms with E-state index in [2.05, 4.69) is 0 Å². The van der Waals surface area contributed by atoms with Gasteiger partial charge in [-0.25, -0.2) is 13.2 Å². The second kappa shape index (κ2) is 10.3. The fraction of sp³-hybridized carbons (Fsp3) is 0.455. The Bertz CT molecular complexity index is 1100. The summed E-state index contributed by atoms with van der Waals surface area (Å²) in [5.74, 6) is -0.850. The van der Waals surface area contributed by atoms with E-state index < -0.39 is 26.8 Å². The highest BCUT2D eigenvalue weighted by Gasteiger charge is 2.35. The van der Waals surface area contributed by atoms with Gasteiger partial charge in [0.05, 0.1) is 14.2 Å². The number of furan rings is 1. The number of methoxy groups -OCH3 is 2. The van der Waals surface area contributed by atoms with Gasteiger partial charge in [0, 0.05) is 43.7 Å². The third-order valence-electron chi connectivity index (χ3n) is 5.74. The average molecular weight is 481 g/mol. The molecule has 10 nitrogen and oxygen atoms in total. The summed E-state index contributed by atoms with van der Waals surface area (Å²) in [6, 6.07) is 7.68. The van der Waals surface area contributed by atoms with Crippen LogP contribution in [0.5, 0.6) is 11.5 Å². The summed E-state index contributed by atoms with van der Waals surface area (Å²) >= 11 is 0. The van der Waals surface area contributed by atoms with Gasteiger partial charge in [0.25, 0.3) is 10.0 Å². The van der Waals surface area contributed by atoms with E-state index in [-0.39, 0.29) is 24.9 Å². The van der Waals surface area contributed by atoms with Gasteiger partial charge in [0.2, 0.25) is 16.8 Å². The summed E-state index contributed by atoms with van der Waals surface area (Å²) in [6.07, 6.45) is 0.724. The number of hydrogen-bond acceptors (Lipinski definition) is 7. The molecule has 0 aliphatic carbocycles. The number of aromatic carboxylic acids is 1. The Morgan fingerprint density at radius 3 is 2.39 bits per heavy atom. The van der Waals surface area contributed by atoms with Crippen LogP contribution in [-0.2, 0) is 21.4 Å². The quantitative estimate of drug-likeness (QED) is 0.580. The maximum absolute atomic E-state index is 13.2. The highest BCUT2D eigenvalue weighted by molar-refractivity contribution is 7.89. The van der Waals surface area contributed by atoms with Crippen molar-refractivity contribution in [3.63, 3.8) is 0 Å². The van der Waals surface area contributed by atoms with Crippen LogP contribution in [0.1, 0.15) is 35.9 Å². The van der Waals surface area contributed by atoms with Crippen molar-refractivity contribution in [2.24, 2.45) is 5.92 Å². The lowest BCUT2D eigenvalue weighted by Gasteiger charge is -2.33. The molecule has 0 saturated carbocycles. The van der Waals surface area contributed by atoms with Gasteiger partial charge >= 0.3 is 5.97 Å². The van der Waals surface area contributed by atoms with Crippen molar-refractivity contribution in [1.29, 1.82) is 0 Å². The number of hydrogen-bond donors (Lipinski definition) is 1. The van der Waals surface area contributed by atoms with Crippen LogP contribution in [0.4, 0.5) is 0 Å². The van der Waals surface area contributed by atoms with Gasteiger partial charge < -0.3 is 23.9 Å². The smallest absolute Gasteiger partial charge is 0.371 e. The Labute approximate surface area is 192 Å². The molecule has 2 aromatic rings. The number of carboxylic acids is 1. The maximum Gasteiger partial charge on any atom is 0.371 e. The van der Waals surface area contributed by atoms with Gasteiger partial charge in [-0.3, -0.25) is 4.79 Å². The molecule has 0 unspecified atom stereocenters.